The summed E-state index contributed by atoms with van der Waals surface area (Å²) < 4.78 is 39.9. The van der Waals surface area contributed by atoms with Crippen LogP contribution in [-0.2, 0) is 12.7 Å². The molecule has 3 aromatic rings. The van der Waals surface area contributed by atoms with Crippen LogP contribution in [0.3, 0.4) is 0 Å². The summed E-state index contributed by atoms with van der Waals surface area (Å²) in [6.45, 7) is 3.83. The van der Waals surface area contributed by atoms with Crippen molar-refractivity contribution in [3.8, 4) is 11.3 Å². The maximum Gasteiger partial charge on any atom is 0.416 e. The zero-order valence-corrected chi connectivity index (χ0v) is 16.5. The number of benzene rings is 1. The average molecular weight is 421 g/mol. The van der Waals surface area contributed by atoms with E-state index in [0.717, 1.165) is 29.1 Å². The molecule has 30 heavy (non-hydrogen) atoms. The molecule has 2 aromatic heterocycles. The molecule has 0 spiro atoms. The SMILES string of the molecule is Cc1nn(CCC(O)CO)c(C)c1-c1cncc(Nc2ccc(C(F)(F)F)cc2)n1. The van der Waals surface area contributed by atoms with Gasteiger partial charge in [0.05, 0.1) is 42.1 Å². The molecule has 2 heterocycles. The molecule has 0 bridgehead atoms. The van der Waals surface area contributed by atoms with E-state index in [9.17, 15) is 18.3 Å². The van der Waals surface area contributed by atoms with Crippen molar-refractivity contribution in [3.63, 3.8) is 0 Å². The van der Waals surface area contributed by atoms with Crippen LogP contribution in [0.5, 0.6) is 0 Å². The van der Waals surface area contributed by atoms with Gasteiger partial charge in [-0.3, -0.25) is 9.67 Å². The first-order valence-electron chi connectivity index (χ1n) is 9.28. The predicted molar refractivity (Wildman–Crippen MR) is 105 cm³/mol. The lowest BCUT2D eigenvalue weighted by Crippen LogP contribution is -2.16. The molecule has 0 saturated carbocycles. The standard InChI is InChI=1S/C20H22F3N5O2/c1-12-19(13(2)28(27-12)8-7-16(30)11-29)17-9-24-10-18(26-17)25-15-5-3-14(4-6-15)20(21,22)23/h3-6,9-10,16,29-30H,7-8,11H2,1-2H3,(H,25,26). The molecule has 0 aliphatic heterocycles. The van der Waals surface area contributed by atoms with E-state index in [0.29, 0.717) is 30.2 Å². The third kappa shape index (κ3) is 4.95. The number of anilines is 2. The van der Waals surface area contributed by atoms with Gasteiger partial charge in [0.25, 0.3) is 0 Å². The quantitative estimate of drug-likeness (QED) is 0.541. The lowest BCUT2D eigenvalue weighted by Gasteiger charge is -2.10. The van der Waals surface area contributed by atoms with Gasteiger partial charge in [-0.15, -0.1) is 0 Å². The van der Waals surface area contributed by atoms with Crippen LogP contribution in [0.15, 0.2) is 36.7 Å². The van der Waals surface area contributed by atoms with Gasteiger partial charge < -0.3 is 15.5 Å². The summed E-state index contributed by atoms with van der Waals surface area (Å²) in [6, 6.07) is 4.66. The third-order valence-electron chi connectivity index (χ3n) is 4.64. The zero-order valence-electron chi connectivity index (χ0n) is 16.5. The topological polar surface area (TPSA) is 96.1 Å². The molecule has 7 nitrogen and oxygen atoms in total. The molecular formula is C20H22F3N5O2. The van der Waals surface area contributed by atoms with Gasteiger partial charge in [0.2, 0.25) is 0 Å². The van der Waals surface area contributed by atoms with E-state index in [1.807, 2.05) is 13.8 Å². The van der Waals surface area contributed by atoms with E-state index < -0.39 is 17.8 Å². The number of hydrogen-bond donors (Lipinski definition) is 3. The predicted octanol–water partition coefficient (Wildman–Crippen LogP) is 3.46. The van der Waals surface area contributed by atoms with Crippen molar-refractivity contribution in [1.29, 1.82) is 0 Å². The summed E-state index contributed by atoms with van der Waals surface area (Å²) in [6.07, 6.45) is -1.77. The monoisotopic (exact) mass is 421 g/mol. The van der Waals surface area contributed by atoms with Gasteiger partial charge in [0, 0.05) is 23.5 Å². The number of aromatic nitrogens is 4. The number of aryl methyl sites for hydroxylation is 2. The highest BCUT2D eigenvalue weighted by molar-refractivity contribution is 5.66. The van der Waals surface area contributed by atoms with Gasteiger partial charge in [-0.25, -0.2) is 4.98 Å². The van der Waals surface area contributed by atoms with Gasteiger partial charge in [0.1, 0.15) is 5.82 Å². The highest BCUT2D eigenvalue weighted by Gasteiger charge is 2.29. The van der Waals surface area contributed by atoms with Crippen LogP contribution < -0.4 is 5.32 Å². The first-order chi connectivity index (χ1) is 14.2. The number of halogens is 3. The molecule has 1 aromatic carbocycles. The van der Waals surface area contributed by atoms with Crippen molar-refractivity contribution < 1.29 is 23.4 Å². The molecule has 0 aliphatic carbocycles. The number of hydrogen-bond acceptors (Lipinski definition) is 6. The lowest BCUT2D eigenvalue weighted by molar-refractivity contribution is -0.137. The highest BCUT2D eigenvalue weighted by Crippen LogP contribution is 2.31. The van der Waals surface area contributed by atoms with E-state index in [1.54, 1.807) is 10.9 Å². The molecule has 1 atom stereocenters. The summed E-state index contributed by atoms with van der Waals surface area (Å²) >= 11 is 0. The Morgan fingerprint density at radius 2 is 1.83 bits per heavy atom. The van der Waals surface area contributed by atoms with Crippen LogP contribution in [-0.4, -0.2) is 42.7 Å². The molecule has 0 saturated heterocycles. The third-order valence-corrected chi connectivity index (χ3v) is 4.64. The Morgan fingerprint density at radius 3 is 2.47 bits per heavy atom. The minimum absolute atomic E-state index is 0.310. The second-order valence-corrected chi connectivity index (χ2v) is 6.88. The Hall–Kier alpha value is -2.98. The maximum absolute atomic E-state index is 12.7. The average Bonchev–Trinajstić information content (AvgIpc) is 2.99. The van der Waals surface area contributed by atoms with Gasteiger partial charge >= 0.3 is 6.18 Å². The molecular weight excluding hydrogens is 399 g/mol. The van der Waals surface area contributed by atoms with Crippen molar-refractivity contribution in [1.82, 2.24) is 19.7 Å². The summed E-state index contributed by atoms with van der Waals surface area (Å²) in [5.74, 6) is 0.384. The molecule has 1 unspecified atom stereocenters. The van der Waals surface area contributed by atoms with Gasteiger partial charge in [-0.1, -0.05) is 0 Å². The Bertz CT molecular complexity index is 1000. The van der Waals surface area contributed by atoms with Crippen molar-refractivity contribution in [2.75, 3.05) is 11.9 Å². The highest BCUT2D eigenvalue weighted by atomic mass is 19.4. The normalized spacial score (nSPS) is 12.8. The Kier molecular flexibility index (Phi) is 6.37. The fourth-order valence-electron chi connectivity index (χ4n) is 3.08. The van der Waals surface area contributed by atoms with E-state index in [1.165, 1.54) is 18.3 Å². The van der Waals surface area contributed by atoms with Gasteiger partial charge in [0.15, 0.2) is 0 Å². The van der Waals surface area contributed by atoms with Crippen molar-refractivity contribution in [2.45, 2.75) is 39.1 Å². The van der Waals surface area contributed by atoms with E-state index >= 15 is 0 Å². The van der Waals surface area contributed by atoms with Gasteiger partial charge in [-0.2, -0.15) is 18.3 Å². The van der Waals surface area contributed by atoms with Crippen LogP contribution >= 0.6 is 0 Å². The Labute approximate surface area is 171 Å². The van der Waals surface area contributed by atoms with E-state index in [4.69, 9.17) is 5.11 Å². The van der Waals surface area contributed by atoms with Crippen molar-refractivity contribution in [2.24, 2.45) is 0 Å². The van der Waals surface area contributed by atoms with Gasteiger partial charge in [-0.05, 0) is 44.5 Å². The number of aliphatic hydroxyl groups is 2. The van der Waals surface area contributed by atoms with Crippen LogP contribution in [0.2, 0.25) is 0 Å². The molecule has 0 fully saturated rings. The molecule has 10 heteroatoms. The minimum atomic E-state index is -4.39. The van der Waals surface area contributed by atoms with Crippen LogP contribution in [0, 0.1) is 13.8 Å². The maximum atomic E-state index is 12.7. The number of rotatable bonds is 7. The molecule has 160 valence electrons. The number of aliphatic hydroxyl groups excluding tert-OH is 2. The Balaban J connectivity index is 1.81. The molecule has 0 aliphatic rings. The first-order valence-corrected chi connectivity index (χ1v) is 9.28. The van der Waals surface area contributed by atoms with E-state index in [2.05, 4.69) is 20.4 Å². The zero-order chi connectivity index (χ0) is 21.9. The summed E-state index contributed by atoms with van der Waals surface area (Å²) in [7, 11) is 0. The number of alkyl halides is 3. The van der Waals surface area contributed by atoms with Crippen LogP contribution in [0.25, 0.3) is 11.3 Å². The summed E-state index contributed by atoms with van der Waals surface area (Å²) in [4.78, 5) is 8.70. The summed E-state index contributed by atoms with van der Waals surface area (Å²) in [5.41, 5.74) is 2.65. The smallest absolute Gasteiger partial charge is 0.394 e. The molecule has 3 N–H and O–H groups in total. The van der Waals surface area contributed by atoms with Crippen molar-refractivity contribution in [3.05, 3.63) is 53.6 Å². The van der Waals surface area contributed by atoms with Crippen molar-refractivity contribution >= 4 is 11.5 Å². The van der Waals surface area contributed by atoms with Crippen LogP contribution in [0.4, 0.5) is 24.7 Å². The number of nitrogens with one attached hydrogen (secondary N) is 1. The molecule has 0 amide bonds. The minimum Gasteiger partial charge on any atom is -0.394 e. The molecule has 3 rings (SSSR count). The molecule has 0 radical (unpaired) electrons. The fourth-order valence-corrected chi connectivity index (χ4v) is 3.08. The second-order valence-electron chi connectivity index (χ2n) is 6.88. The number of nitrogens with zero attached hydrogens (tertiary/aromatic N) is 4. The largest absolute Gasteiger partial charge is 0.416 e. The lowest BCUT2D eigenvalue weighted by atomic mass is 10.1. The fraction of sp³-hybridized carbons (Fsp3) is 0.350. The first kappa shape index (κ1) is 21.7. The Morgan fingerprint density at radius 1 is 1.13 bits per heavy atom. The van der Waals surface area contributed by atoms with Crippen LogP contribution in [0.1, 0.15) is 23.4 Å². The summed E-state index contributed by atoms with van der Waals surface area (Å²) in [5, 5.41) is 25.9. The second kappa shape index (κ2) is 8.80. The van der Waals surface area contributed by atoms with E-state index in [-0.39, 0.29) is 6.61 Å².